The summed E-state index contributed by atoms with van der Waals surface area (Å²) in [7, 11) is 0. The van der Waals surface area contributed by atoms with E-state index in [2.05, 4.69) is 145 Å². The first-order valence-electron chi connectivity index (χ1n) is 10.3. The van der Waals surface area contributed by atoms with Crippen LogP contribution in [0.2, 0.25) is 0 Å². The average Bonchev–Trinajstić information content (AvgIpc) is 2.83. The highest BCUT2D eigenvalue weighted by molar-refractivity contribution is 8.16. The van der Waals surface area contributed by atoms with Gasteiger partial charge in [0.1, 0.15) is 0 Å². The van der Waals surface area contributed by atoms with Crippen LogP contribution in [-0.4, -0.2) is 0 Å². The fourth-order valence-electron chi connectivity index (χ4n) is 3.52. The third-order valence-electron chi connectivity index (χ3n) is 5.12. The van der Waals surface area contributed by atoms with Crippen molar-refractivity contribution in [1.29, 1.82) is 0 Å². The van der Waals surface area contributed by atoms with E-state index in [1.54, 1.807) is 0 Å². The lowest BCUT2D eigenvalue weighted by Crippen LogP contribution is -2.22. The van der Waals surface area contributed by atoms with Crippen molar-refractivity contribution in [2.45, 2.75) is 22.0 Å². The molecule has 0 aliphatic carbocycles. The fraction of sp³-hybridized carbons (Fsp3) is 0.143. The highest BCUT2D eigenvalue weighted by Crippen LogP contribution is 2.51. The molecule has 0 spiro atoms. The molecule has 150 valence electrons. The van der Waals surface area contributed by atoms with Gasteiger partial charge in [-0.05, 0) is 22.3 Å². The normalized spacial score (nSPS) is 11.3. The number of thioether (sulfide) groups is 2. The topological polar surface area (TPSA) is 0 Å². The van der Waals surface area contributed by atoms with Crippen molar-refractivity contribution in [2.75, 3.05) is 0 Å². The summed E-state index contributed by atoms with van der Waals surface area (Å²) in [5.41, 5.74) is 5.51. The first-order valence-corrected chi connectivity index (χ1v) is 12.3. The Labute approximate surface area is 188 Å². The van der Waals surface area contributed by atoms with E-state index in [0.29, 0.717) is 0 Å². The average molecular weight is 427 g/mol. The molecule has 0 aromatic heterocycles. The van der Waals surface area contributed by atoms with Crippen LogP contribution in [0.5, 0.6) is 0 Å². The fourth-order valence-corrected chi connectivity index (χ4v) is 6.53. The van der Waals surface area contributed by atoms with Gasteiger partial charge in [-0.15, -0.1) is 23.5 Å². The van der Waals surface area contributed by atoms with Gasteiger partial charge in [0.2, 0.25) is 0 Å². The summed E-state index contributed by atoms with van der Waals surface area (Å²) in [5, 5.41) is 0. The van der Waals surface area contributed by atoms with Crippen molar-refractivity contribution in [3.8, 4) is 0 Å². The van der Waals surface area contributed by atoms with Gasteiger partial charge in [0, 0.05) is 17.9 Å². The molecule has 2 heteroatoms. The molecule has 4 aromatic rings. The highest BCUT2D eigenvalue weighted by Gasteiger charge is 2.34. The molecule has 0 radical (unpaired) electrons. The van der Waals surface area contributed by atoms with Crippen molar-refractivity contribution in [3.05, 3.63) is 144 Å². The molecule has 0 bridgehead atoms. The Hall–Kier alpha value is -2.42. The minimum Gasteiger partial charge on any atom is -0.134 e. The zero-order valence-electron chi connectivity index (χ0n) is 17.0. The van der Waals surface area contributed by atoms with Crippen LogP contribution in [0.4, 0.5) is 0 Å². The zero-order valence-corrected chi connectivity index (χ0v) is 18.6. The van der Waals surface area contributed by atoms with Gasteiger partial charge in [-0.1, -0.05) is 121 Å². The van der Waals surface area contributed by atoms with Crippen molar-refractivity contribution in [2.24, 2.45) is 0 Å². The molecule has 30 heavy (non-hydrogen) atoms. The second-order valence-corrected chi connectivity index (χ2v) is 10.1. The summed E-state index contributed by atoms with van der Waals surface area (Å²) in [6.07, 6.45) is 0.993. The van der Waals surface area contributed by atoms with Crippen molar-refractivity contribution < 1.29 is 0 Å². The van der Waals surface area contributed by atoms with Crippen LogP contribution >= 0.6 is 23.5 Å². The van der Waals surface area contributed by atoms with Crippen LogP contribution in [0, 0.1) is 0 Å². The van der Waals surface area contributed by atoms with E-state index < -0.39 is 0 Å². The van der Waals surface area contributed by atoms with Gasteiger partial charge in [-0.2, -0.15) is 0 Å². The maximum atomic E-state index is 2.29. The minimum absolute atomic E-state index is 0.0612. The third-order valence-corrected chi connectivity index (χ3v) is 8.48. The Morgan fingerprint density at radius 1 is 0.433 bits per heavy atom. The molecule has 0 aliphatic rings. The first-order chi connectivity index (χ1) is 14.8. The number of rotatable bonds is 9. The van der Waals surface area contributed by atoms with Crippen LogP contribution in [0.25, 0.3) is 0 Å². The van der Waals surface area contributed by atoms with E-state index in [0.717, 1.165) is 17.9 Å². The molecule has 0 nitrogen and oxygen atoms in total. The first kappa shape index (κ1) is 20.8. The summed E-state index contributed by atoms with van der Waals surface area (Å²) in [6, 6.07) is 43.6. The SMILES string of the molecule is c1ccc(CSC(Cc2ccccc2)(SCc2ccccc2)c2ccccc2)cc1. The largest absolute Gasteiger partial charge is 0.134 e. The van der Waals surface area contributed by atoms with E-state index in [4.69, 9.17) is 0 Å². The summed E-state index contributed by atoms with van der Waals surface area (Å²) >= 11 is 4.10. The molecule has 0 saturated carbocycles. The maximum Gasteiger partial charge on any atom is 0.0906 e. The molecule has 0 N–H and O–H groups in total. The van der Waals surface area contributed by atoms with Crippen molar-refractivity contribution in [3.63, 3.8) is 0 Å². The second kappa shape index (κ2) is 10.6. The summed E-state index contributed by atoms with van der Waals surface area (Å²) < 4.78 is -0.0612. The standard InChI is InChI=1S/C28H26S2/c1-5-13-24(14-6-1)21-28(27-19-11-4-12-20-27,29-22-25-15-7-2-8-16-25)30-23-26-17-9-3-10-18-26/h1-20H,21-23H2. The van der Waals surface area contributed by atoms with Gasteiger partial charge in [-0.3, -0.25) is 0 Å². The Bertz CT molecular complexity index is 956. The van der Waals surface area contributed by atoms with Crippen LogP contribution in [0.3, 0.4) is 0 Å². The van der Waals surface area contributed by atoms with Crippen LogP contribution in [0.1, 0.15) is 22.3 Å². The van der Waals surface area contributed by atoms with Gasteiger partial charge >= 0.3 is 0 Å². The van der Waals surface area contributed by atoms with Gasteiger partial charge in [-0.25, -0.2) is 0 Å². The molecule has 0 heterocycles. The molecule has 4 rings (SSSR count). The molecule has 0 aliphatic heterocycles. The number of hydrogen-bond donors (Lipinski definition) is 0. The molecule has 0 amide bonds. The van der Waals surface area contributed by atoms with Gasteiger partial charge < -0.3 is 0 Å². The predicted octanol–water partition coefficient (Wildman–Crippen LogP) is 7.95. The molecule has 0 fully saturated rings. The third kappa shape index (κ3) is 5.59. The quantitative estimate of drug-likeness (QED) is 0.249. The smallest absolute Gasteiger partial charge is 0.0906 e. The van der Waals surface area contributed by atoms with Crippen molar-refractivity contribution in [1.82, 2.24) is 0 Å². The highest BCUT2D eigenvalue weighted by atomic mass is 32.2. The van der Waals surface area contributed by atoms with Crippen molar-refractivity contribution >= 4 is 23.5 Å². The molecule has 0 atom stereocenters. The monoisotopic (exact) mass is 426 g/mol. The maximum absolute atomic E-state index is 2.29. The van der Waals surface area contributed by atoms with Gasteiger partial charge in [0.15, 0.2) is 0 Å². The Morgan fingerprint density at radius 3 is 1.23 bits per heavy atom. The zero-order chi connectivity index (χ0) is 20.5. The van der Waals surface area contributed by atoms with Crippen LogP contribution < -0.4 is 0 Å². The van der Waals surface area contributed by atoms with Gasteiger partial charge in [0.25, 0.3) is 0 Å². The lowest BCUT2D eigenvalue weighted by atomic mass is 10.0. The summed E-state index contributed by atoms with van der Waals surface area (Å²) in [6.45, 7) is 0. The predicted molar refractivity (Wildman–Crippen MR) is 134 cm³/mol. The number of benzene rings is 4. The van der Waals surface area contributed by atoms with Crippen LogP contribution in [-0.2, 0) is 22.0 Å². The molecule has 0 unspecified atom stereocenters. The Morgan fingerprint density at radius 2 is 0.800 bits per heavy atom. The number of hydrogen-bond acceptors (Lipinski definition) is 2. The van der Waals surface area contributed by atoms with E-state index in [1.807, 2.05) is 0 Å². The second-order valence-electron chi connectivity index (χ2n) is 7.33. The van der Waals surface area contributed by atoms with E-state index in [-0.39, 0.29) is 4.08 Å². The van der Waals surface area contributed by atoms with Gasteiger partial charge in [0.05, 0.1) is 4.08 Å². The Kier molecular flexibility index (Phi) is 7.34. The Balaban J connectivity index is 1.68. The van der Waals surface area contributed by atoms with E-state index >= 15 is 0 Å². The summed E-state index contributed by atoms with van der Waals surface area (Å²) in [4.78, 5) is 0. The lowest BCUT2D eigenvalue weighted by Gasteiger charge is -2.34. The molecule has 0 saturated heterocycles. The van der Waals surface area contributed by atoms with Crippen LogP contribution in [0.15, 0.2) is 121 Å². The summed E-state index contributed by atoms with van der Waals surface area (Å²) in [5.74, 6) is 1.98. The molecule has 4 aromatic carbocycles. The van der Waals surface area contributed by atoms with E-state index in [9.17, 15) is 0 Å². The minimum atomic E-state index is -0.0612. The molecular weight excluding hydrogens is 400 g/mol. The van der Waals surface area contributed by atoms with E-state index in [1.165, 1.54) is 22.3 Å². The molecular formula is C28H26S2. The lowest BCUT2D eigenvalue weighted by molar-refractivity contribution is 0.861.